The van der Waals surface area contributed by atoms with Gasteiger partial charge in [-0.1, -0.05) is 41.5 Å². The Morgan fingerprint density at radius 2 is 1.65 bits per heavy atom. The van der Waals surface area contributed by atoms with E-state index in [0.717, 1.165) is 12.7 Å². The van der Waals surface area contributed by atoms with Crippen LogP contribution in [0.5, 0.6) is 0 Å². The van der Waals surface area contributed by atoms with Gasteiger partial charge in [-0.05, 0) is 30.5 Å². The fourth-order valence-corrected chi connectivity index (χ4v) is 3.93. The lowest BCUT2D eigenvalue weighted by Crippen LogP contribution is -2.48. The Labute approximate surface area is 143 Å². The fourth-order valence-electron chi connectivity index (χ4n) is 2.43. The van der Waals surface area contributed by atoms with Gasteiger partial charge in [0.1, 0.15) is 6.29 Å². The van der Waals surface area contributed by atoms with E-state index in [1.54, 1.807) is 0 Å². The lowest BCUT2D eigenvalue weighted by Gasteiger charge is -2.43. The van der Waals surface area contributed by atoms with E-state index in [9.17, 15) is 9.59 Å². The third kappa shape index (κ3) is 7.62. The number of aldehydes is 1. The van der Waals surface area contributed by atoms with Crippen LogP contribution in [0.15, 0.2) is 0 Å². The highest BCUT2D eigenvalue weighted by Crippen LogP contribution is 2.39. The van der Waals surface area contributed by atoms with E-state index in [-0.39, 0.29) is 34.9 Å². The van der Waals surface area contributed by atoms with Crippen LogP contribution in [0.3, 0.4) is 0 Å². The summed E-state index contributed by atoms with van der Waals surface area (Å²) in [6.45, 7) is 19.0. The summed E-state index contributed by atoms with van der Waals surface area (Å²) in [4.78, 5) is 22.1. The lowest BCUT2D eigenvalue weighted by atomic mass is 9.87. The molecule has 0 rings (SSSR count). The van der Waals surface area contributed by atoms with E-state index >= 15 is 0 Å². The number of carbonyl (C=O) groups excluding carboxylic acids is 2. The van der Waals surface area contributed by atoms with Gasteiger partial charge in [-0.25, -0.2) is 0 Å². The zero-order valence-electron chi connectivity index (χ0n) is 16.4. The molecule has 0 aromatic heterocycles. The fraction of sp³-hybridized carbons (Fsp3) is 0.889. The summed E-state index contributed by atoms with van der Waals surface area (Å²) in [5.41, 5.74) is 0. The largest absolute Gasteiger partial charge is 0.465 e. The highest BCUT2D eigenvalue weighted by Gasteiger charge is 2.41. The Balaban J connectivity index is 5.20. The predicted molar refractivity (Wildman–Crippen MR) is 96.9 cm³/mol. The molecule has 4 nitrogen and oxygen atoms in total. The van der Waals surface area contributed by atoms with E-state index in [0.29, 0.717) is 6.61 Å². The Hall–Kier alpha value is -0.683. The van der Waals surface area contributed by atoms with Gasteiger partial charge in [-0.2, -0.15) is 0 Å². The molecule has 0 aliphatic carbocycles. The van der Waals surface area contributed by atoms with E-state index in [2.05, 4.69) is 47.7 Å². The first-order valence-corrected chi connectivity index (χ1v) is 11.5. The van der Waals surface area contributed by atoms with Gasteiger partial charge in [0.25, 0.3) is 0 Å². The zero-order valence-corrected chi connectivity index (χ0v) is 17.4. The van der Waals surface area contributed by atoms with Crippen molar-refractivity contribution in [2.24, 2.45) is 17.8 Å². The molecular formula is C18H36O4Si. The van der Waals surface area contributed by atoms with Crippen LogP contribution in [0.4, 0.5) is 0 Å². The maximum Gasteiger partial charge on any atom is 0.302 e. The Morgan fingerprint density at radius 3 is 2.04 bits per heavy atom. The molecule has 4 atom stereocenters. The second-order valence-corrected chi connectivity index (χ2v) is 13.2. The molecule has 0 aliphatic heterocycles. The van der Waals surface area contributed by atoms with Gasteiger partial charge in [0, 0.05) is 18.8 Å². The summed E-state index contributed by atoms with van der Waals surface area (Å²) in [6, 6.07) is 0. The Morgan fingerprint density at radius 1 is 1.13 bits per heavy atom. The van der Waals surface area contributed by atoms with Crippen molar-refractivity contribution in [1.82, 2.24) is 0 Å². The molecule has 0 aromatic rings. The van der Waals surface area contributed by atoms with Crippen LogP contribution in [0, 0.1) is 17.8 Å². The van der Waals surface area contributed by atoms with Crippen molar-refractivity contribution in [3.05, 3.63) is 0 Å². The molecule has 0 aromatic carbocycles. The Bertz CT molecular complexity index is 387. The van der Waals surface area contributed by atoms with E-state index < -0.39 is 8.32 Å². The normalized spacial score (nSPS) is 18.0. The summed E-state index contributed by atoms with van der Waals surface area (Å²) in [6.07, 6.45) is 1.77. The van der Waals surface area contributed by atoms with Crippen molar-refractivity contribution in [2.75, 3.05) is 6.61 Å². The minimum Gasteiger partial charge on any atom is -0.465 e. The van der Waals surface area contributed by atoms with Crippen molar-refractivity contribution in [3.63, 3.8) is 0 Å². The molecule has 0 saturated carbocycles. The van der Waals surface area contributed by atoms with Gasteiger partial charge in [0.05, 0.1) is 12.7 Å². The van der Waals surface area contributed by atoms with Crippen LogP contribution in [0.25, 0.3) is 0 Å². The summed E-state index contributed by atoms with van der Waals surface area (Å²) in [5.74, 6) is 0.0741. The molecule has 0 heterocycles. The molecule has 0 spiro atoms. The average molecular weight is 345 g/mol. The van der Waals surface area contributed by atoms with Crippen LogP contribution in [-0.4, -0.2) is 33.3 Å². The van der Waals surface area contributed by atoms with Gasteiger partial charge in [-0.15, -0.1) is 0 Å². The number of ether oxygens (including phenoxy) is 1. The molecule has 0 saturated heterocycles. The van der Waals surface area contributed by atoms with Gasteiger partial charge in [0.15, 0.2) is 8.32 Å². The highest BCUT2D eigenvalue weighted by molar-refractivity contribution is 6.74. The first-order chi connectivity index (χ1) is 10.3. The van der Waals surface area contributed by atoms with Crippen molar-refractivity contribution in [1.29, 1.82) is 0 Å². The number of hydrogen-bond acceptors (Lipinski definition) is 4. The van der Waals surface area contributed by atoms with Crippen molar-refractivity contribution < 1.29 is 18.8 Å². The summed E-state index contributed by atoms with van der Waals surface area (Å²) in [5, 5.41) is 0.113. The molecule has 23 heavy (non-hydrogen) atoms. The topological polar surface area (TPSA) is 52.6 Å². The molecule has 0 N–H and O–H groups in total. The van der Waals surface area contributed by atoms with Gasteiger partial charge in [-0.3, -0.25) is 4.79 Å². The third-order valence-corrected chi connectivity index (χ3v) is 9.36. The first kappa shape index (κ1) is 22.3. The smallest absolute Gasteiger partial charge is 0.302 e. The number of hydrogen-bond donors (Lipinski definition) is 0. The SMILES string of the molecule is CC(=O)OC[C@H](C)[C@@H](O[Si](C)(C)C(C)(C)C)[C@@H](C)C[C@@H](C)C=O. The zero-order chi connectivity index (χ0) is 18.4. The minimum atomic E-state index is -1.94. The summed E-state index contributed by atoms with van der Waals surface area (Å²) in [7, 11) is -1.94. The van der Waals surface area contributed by atoms with E-state index in [1.807, 2.05) is 6.92 Å². The third-order valence-electron chi connectivity index (χ3n) is 4.88. The molecule has 0 fully saturated rings. The molecule has 5 heteroatoms. The first-order valence-electron chi connectivity index (χ1n) is 8.58. The standard InChI is InChI=1S/C18H36O4Si/c1-13(11-19)10-14(2)17(15(3)12-21-16(4)20)22-23(8,9)18(5,6)7/h11,13-15,17H,10,12H2,1-9H3/t13-,14+,15+,17+/m1/s1. The van der Waals surface area contributed by atoms with Crippen LogP contribution in [0.2, 0.25) is 18.1 Å². The molecule has 0 radical (unpaired) electrons. The van der Waals surface area contributed by atoms with Crippen molar-refractivity contribution >= 4 is 20.6 Å². The second kappa shape index (κ2) is 8.97. The van der Waals surface area contributed by atoms with Crippen molar-refractivity contribution in [2.45, 2.75) is 79.1 Å². The van der Waals surface area contributed by atoms with E-state index in [1.165, 1.54) is 6.92 Å². The van der Waals surface area contributed by atoms with Gasteiger partial charge in [0.2, 0.25) is 0 Å². The summed E-state index contributed by atoms with van der Waals surface area (Å²) < 4.78 is 11.8. The van der Waals surface area contributed by atoms with E-state index in [4.69, 9.17) is 9.16 Å². The van der Waals surface area contributed by atoms with Crippen LogP contribution >= 0.6 is 0 Å². The predicted octanol–water partition coefficient (Wildman–Crippen LogP) is 4.44. The Kier molecular flexibility index (Phi) is 8.71. The van der Waals surface area contributed by atoms with Gasteiger partial charge < -0.3 is 14.0 Å². The number of esters is 1. The average Bonchev–Trinajstić information content (AvgIpc) is 2.40. The van der Waals surface area contributed by atoms with Crippen LogP contribution < -0.4 is 0 Å². The maximum atomic E-state index is 11.1. The lowest BCUT2D eigenvalue weighted by molar-refractivity contribution is -0.143. The quantitative estimate of drug-likeness (QED) is 0.352. The molecular weight excluding hydrogens is 308 g/mol. The second-order valence-electron chi connectivity index (χ2n) is 8.45. The molecule has 0 aliphatic rings. The van der Waals surface area contributed by atoms with Crippen molar-refractivity contribution in [3.8, 4) is 0 Å². The number of rotatable bonds is 9. The molecule has 0 amide bonds. The minimum absolute atomic E-state index is 0.0106. The molecule has 0 bridgehead atoms. The highest BCUT2D eigenvalue weighted by atomic mass is 28.4. The summed E-state index contributed by atoms with van der Waals surface area (Å²) >= 11 is 0. The van der Waals surface area contributed by atoms with Crippen LogP contribution in [0.1, 0.15) is 54.9 Å². The molecule has 0 unspecified atom stereocenters. The van der Waals surface area contributed by atoms with Crippen LogP contribution in [-0.2, 0) is 18.8 Å². The monoisotopic (exact) mass is 344 g/mol. The molecule has 136 valence electrons. The van der Waals surface area contributed by atoms with Gasteiger partial charge >= 0.3 is 5.97 Å². The number of carbonyl (C=O) groups is 2. The maximum absolute atomic E-state index is 11.1.